The van der Waals surface area contributed by atoms with E-state index in [9.17, 15) is 4.79 Å². The normalized spacial score (nSPS) is 10.5. The highest BCUT2D eigenvalue weighted by Gasteiger charge is 2.07. The molecule has 2 heterocycles. The van der Waals surface area contributed by atoms with Gasteiger partial charge in [0.1, 0.15) is 0 Å². The Hall–Kier alpha value is -2.93. The van der Waals surface area contributed by atoms with Gasteiger partial charge in [-0.3, -0.25) is 0 Å². The first-order chi connectivity index (χ1) is 11.1. The number of hydrogen-bond acceptors (Lipinski definition) is 5. The van der Waals surface area contributed by atoms with Gasteiger partial charge in [-0.1, -0.05) is 17.7 Å². The molecule has 0 spiro atoms. The van der Waals surface area contributed by atoms with Crippen molar-refractivity contribution < 1.29 is 9.90 Å². The molecule has 0 saturated heterocycles. The molecule has 3 rings (SSSR count). The molecule has 2 aromatic heterocycles. The Morgan fingerprint density at radius 2 is 2.17 bits per heavy atom. The zero-order valence-electron chi connectivity index (χ0n) is 11.8. The molecule has 0 atom stereocenters. The number of carbonyl (C=O) groups is 1. The first-order valence-electron chi connectivity index (χ1n) is 6.72. The van der Waals surface area contributed by atoms with E-state index >= 15 is 0 Å². The van der Waals surface area contributed by atoms with Gasteiger partial charge in [0.25, 0.3) is 0 Å². The molecule has 23 heavy (non-hydrogen) atoms. The van der Waals surface area contributed by atoms with E-state index in [4.69, 9.17) is 16.7 Å². The molecule has 0 aliphatic rings. The number of nitrogens with one attached hydrogen (secondary N) is 1. The van der Waals surface area contributed by atoms with Crippen LogP contribution in [0.5, 0.6) is 0 Å². The summed E-state index contributed by atoms with van der Waals surface area (Å²) in [6, 6.07) is 10.5. The molecule has 1 aromatic carbocycles. The Morgan fingerprint density at radius 3 is 2.96 bits per heavy atom. The summed E-state index contributed by atoms with van der Waals surface area (Å²) in [7, 11) is 0. The topological polar surface area (TPSA) is 92.9 Å². The zero-order valence-corrected chi connectivity index (χ0v) is 12.6. The van der Waals surface area contributed by atoms with Gasteiger partial charge < -0.3 is 10.4 Å². The van der Waals surface area contributed by atoms with Crippen LogP contribution in [0.4, 0.5) is 5.95 Å². The number of carboxylic acid groups (broad SMARTS) is 1. The standard InChI is InChI=1S/C15H12ClN5O2/c16-10-2-1-3-12(8-10)21-7-5-11(20-21)9-18-15-17-6-4-13(19-15)14(22)23/h1-8H,9H2,(H,22,23)(H,17,18,19). The fraction of sp³-hybridized carbons (Fsp3) is 0.0667. The van der Waals surface area contributed by atoms with Crippen molar-refractivity contribution in [2.24, 2.45) is 0 Å². The number of carboxylic acids is 1. The highest BCUT2D eigenvalue weighted by molar-refractivity contribution is 6.30. The van der Waals surface area contributed by atoms with Gasteiger partial charge in [0.15, 0.2) is 5.69 Å². The number of aromatic nitrogens is 4. The van der Waals surface area contributed by atoms with E-state index in [1.807, 2.05) is 30.5 Å². The van der Waals surface area contributed by atoms with Crippen LogP contribution in [0.2, 0.25) is 5.02 Å². The molecule has 2 N–H and O–H groups in total. The van der Waals surface area contributed by atoms with Crippen LogP contribution < -0.4 is 5.32 Å². The molecule has 116 valence electrons. The lowest BCUT2D eigenvalue weighted by Gasteiger charge is -2.03. The number of nitrogens with zero attached hydrogens (tertiary/aromatic N) is 4. The van der Waals surface area contributed by atoms with E-state index < -0.39 is 5.97 Å². The summed E-state index contributed by atoms with van der Waals surface area (Å²) in [5.41, 5.74) is 1.55. The van der Waals surface area contributed by atoms with E-state index in [-0.39, 0.29) is 11.6 Å². The van der Waals surface area contributed by atoms with Crippen LogP contribution >= 0.6 is 11.6 Å². The van der Waals surface area contributed by atoms with Gasteiger partial charge in [0.2, 0.25) is 5.95 Å². The molecule has 0 fully saturated rings. The number of hydrogen-bond donors (Lipinski definition) is 2. The van der Waals surface area contributed by atoms with Crippen LogP contribution in [0.15, 0.2) is 48.8 Å². The largest absolute Gasteiger partial charge is 0.477 e. The van der Waals surface area contributed by atoms with Crippen molar-refractivity contribution in [2.45, 2.75) is 6.54 Å². The zero-order chi connectivity index (χ0) is 16.2. The Labute approximate surface area is 136 Å². The van der Waals surface area contributed by atoms with Crippen molar-refractivity contribution in [3.63, 3.8) is 0 Å². The maximum absolute atomic E-state index is 10.9. The van der Waals surface area contributed by atoms with E-state index in [0.29, 0.717) is 11.6 Å². The molecular weight excluding hydrogens is 318 g/mol. The third-order valence-electron chi connectivity index (χ3n) is 3.02. The van der Waals surface area contributed by atoms with E-state index in [2.05, 4.69) is 20.4 Å². The highest BCUT2D eigenvalue weighted by Crippen LogP contribution is 2.14. The lowest BCUT2D eigenvalue weighted by atomic mass is 10.3. The fourth-order valence-corrected chi connectivity index (χ4v) is 2.14. The summed E-state index contributed by atoms with van der Waals surface area (Å²) < 4.78 is 1.71. The van der Waals surface area contributed by atoms with Crippen molar-refractivity contribution in [3.8, 4) is 5.69 Å². The van der Waals surface area contributed by atoms with Gasteiger partial charge >= 0.3 is 5.97 Å². The molecular formula is C15H12ClN5O2. The number of rotatable bonds is 5. The Morgan fingerprint density at radius 1 is 1.30 bits per heavy atom. The molecule has 0 saturated carbocycles. The minimum Gasteiger partial charge on any atom is -0.477 e. The molecule has 0 bridgehead atoms. The first-order valence-corrected chi connectivity index (χ1v) is 7.10. The summed E-state index contributed by atoms with van der Waals surface area (Å²) in [6.45, 7) is 0.372. The summed E-state index contributed by atoms with van der Waals surface area (Å²) in [5, 5.41) is 16.9. The first kappa shape index (κ1) is 15.0. The van der Waals surface area contributed by atoms with Gasteiger partial charge in [-0.2, -0.15) is 5.10 Å². The van der Waals surface area contributed by atoms with E-state index in [0.717, 1.165) is 11.4 Å². The maximum Gasteiger partial charge on any atom is 0.354 e. The van der Waals surface area contributed by atoms with Crippen LogP contribution in [0, 0.1) is 0 Å². The summed E-state index contributed by atoms with van der Waals surface area (Å²) in [6.07, 6.45) is 3.21. The van der Waals surface area contributed by atoms with Gasteiger partial charge in [0.05, 0.1) is 17.9 Å². The van der Waals surface area contributed by atoms with Gasteiger partial charge in [0, 0.05) is 17.4 Å². The van der Waals surface area contributed by atoms with Crippen LogP contribution in [0.3, 0.4) is 0 Å². The van der Waals surface area contributed by atoms with Crippen molar-refractivity contribution >= 4 is 23.5 Å². The highest BCUT2D eigenvalue weighted by atomic mass is 35.5. The molecule has 7 nitrogen and oxygen atoms in total. The average molecular weight is 330 g/mol. The predicted molar refractivity (Wildman–Crippen MR) is 84.9 cm³/mol. The number of halogens is 1. The molecule has 0 amide bonds. The van der Waals surface area contributed by atoms with Crippen molar-refractivity contribution in [3.05, 3.63) is 65.2 Å². The average Bonchev–Trinajstić information content (AvgIpc) is 3.02. The van der Waals surface area contributed by atoms with Crippen molar-refractivity contribution in [1.82, 2.24) is 19.7 Å². The Balaban J connectivity index is 1.70. The Bertz CT molecular complexity index is 849. The van der Waals surface area contributed by atoms with Crippen molar-refractivity contribution in [1.29, 1.82) is 0 Å². The van der Waals surface area contributed by atoms with Gasteiger partial charge in [-0.25, -0.2) is 19.4 Å². The van der Waals surface area contributed by atoms with Crippen LogP contribution in [0.1, 0.15) is 16.2 Å². The van der Waals surface area contributed by atoms with Gasteiger partial charge in [-0.05, 0) is 30.3 Å². The third-order valence-corrected chi connectivity index (χ3v) is 3.25. The fourth-order valence-electron chi connectivity index (χ4n) is 1.95. The second-order valence-electron chi connectivity index (χ2n) is 4.66. The summed E-state index contributed by atoms with van der Waals surface area (Å²) in [4.78, 5) is 18.7. The molecule has 0 radical (unpaired) electrons. The van der Waals surface area contributed by atoms with Crippen LogP contribution in [-0.4, -0.2) is 30.8 Å². The van der Waals surface area contributed by atoms with Crippen LogP contribution in [-0.2, 0) is 6.54 Å². The predicted octanol–water partition coefficient (Wildman–Crippen LogP) is 2.63. The van der Waals surface area contributed by atoms with Crippen molar-refractivity contribution in [2.75, 3.05) is 5.32 Å². The molecule has 0 aliphatic heterocycles. The van der Waals surface area contributed by atoms with Gasteiger partial charge in [-0.15, -0.1) is 0 Å². The lowest BCUT2D eigenvalue weighted by Crippen LogP contribution is -2.08. The Kier molecular flexibility index (Phi) is 4.20. The SMILES string of the molecule is O=C(O)c1ccnc(NCc2ccn(-c3cccc(Cl)c3)n2)n1. The second kappa shape index (κ2) is 6.45. The number of benzene rings is 1. The second-order valence-corrected chi connectivity index (χ2v) is 5.09. The third kappa shape index (κ3) is 3.64. The molecule has 3 aromatic rings. The monoisotopic (exact) mass is 329 g/mol. The number of anilines is 1. The van der Waals surface area contributed by atoms with E-state index in [1.165, 1.54) is 12.3 Å². The minimum absolute atomic E-state index is 0.0630. The molecule has 0 aliphatic carbocycles. The number of aromatic carboxylic acids is 1. The van der Waals surface area contributed by atoms with E-state index in [1.54, 1.807) is 10.7 Å². The quantitative estimate of drug-likeness (QED) is 0.747. The van der Waals surface area contributed by atoms with Crippen LogP contribution in [0.25, 0.3) is 5.69 Å². The molecule has 8 heteroatoms. The smallest absolute Gasteiger partial charge is 0.354 e. The minimum atomic E-state index is -1.10. The molecule has 0 unspecified atom stereocenters. The summed E-state index contributed by atoms with van der Waals surface area (Å²) >= 11 is 5.97. The summed E-state index contributed by atoms with van der Waals surface area (Å²) in [5.74, 6) is -0.858. The lowest BCUT2D eigenvalue weighted by molar-refractivity contribution is 0.0690. The maximum atomic E-state index is 10.9.